The first-order chi connectivity index (χ1) is 5.25. The fourth-order valence-corrected chi connectivity index (χ4v) is 1.56. The van der Waals surface area contributed by atoms with Gasteiger partial charge in [-0.05, 0) is 13.3 Å². The summed E-state index contributed by atoms with van der Waals surface area (Å²) in [7, 11) is 0. The summed E-state index contributed by atoms with van der Waals surface area (Å²) >= 11 is 0. The van der Waals surface area contributed by atoms with Gasteiger partial charge in [-0.2, -0.15) is 0 Å². The monoisotopic (exact) mass is 155 g/mol. The zero-order chi connectivity index (χ0) is 8.27. The number of hydrogen-bond donors (Lipinski definition) is 1. The smallest absolute Gasteiger partial charge is 0.225 e. The first-order valence-electron chi connectivity index (χ1n) is 4.56. The van der Waals surface area contributed by atoms with Gasteiger partial charge in [0.2, 0.25) is 5.91 Å². The number of unbranched alkanes of at least 4 members (excludes halogenated alkanes) is 2. The highest BCUT2D eigenvalue weighted by molar-refractivity contribution is 5.85. The minimum Gasteiger partial charge on any atom is -0.353 e. The molecule has 0 aromatic rings. The fourth-order valence-electron chi connectivity index (χ4n) is 1.56. The molecule has 2 nitrogen and oxygen atoms in total. The Kier molecular flexibility index (Phi) is 2.92. The number of hydrogen-bond acceptors (Lipinski definition) is 1. The van der Waals surface area contributed by atoms with Gasteiger partial charge >= 0.3 is 0 Å². The normalized spacial score (nSPS) is 29.5. The van der Waals surface area contributed by atoms with Crippen molar-refractivity contribution in [2.45, 2.75) is 45.6 Å². The van der Waals surface area contributed by atoms with E-state index in [1.54, 1.807) is 0 Å². The average molecular weight is 155 g/mol. The molecule has 0 aromatic heterocycles. The van der Waals surface area contributed by atoms with E-state index in [0.717, 1.165) is 6.42 Å². The van der Waals surface area contributed by atoms with Crippen LogP contribution in [0, 0.1) is 5.92 Å². The van der Waals surface area contributed by atoms with Crippen molar-refractivity contribution in [3.05, 3.63) is 0 Å². The second-order valence-corrected chi connectivity index (χ2v) is 3.40. The summed E-state index contributed by atoms with van der Waals surface area (Å²) in [5.74, 6) is 0.579. The minimum absolute atomic E-state index is 0.258. The predicted molar refractivity (Wildman–Crippen MR) is 45.2 cm³/mol. The van der Waals surface area contributed by atoms with E-state index in [1.165, 1.54) is 19.3 Å². The lowest BCUT2D eigenvalue weighted by atomic mass is 9.87. The van der Waals surface area contributed by atoms with E-state index < -0.39 is 0 Å². The molecule has 0 radical (unpaired) electrons. The van der Waals surface area contributed by atoms with Gasteiger partial charge in [0.25, 0.3) is 0 Å². The van der Waals surface area contributed by atoms with Crippen molar-refractivity contribution in [2.24, 2.45) is 5.92 Å². The van der Waals surface area contributed by atoms with Crippen molar-refractivity contribution in [3.63, 3.8) is 0 Å². The maximum Gasteiger partial charge on any atom is 0.225 e. The third-order valence-corrected chi connectivity index (χ3v) is 2.43. The minimum atomic E-state index is 0.258. The summed E-state index contributed by atoms with van der Waals surface area (Å²) in [4.78, 5) is 10.9. The zero-order valence-electron chi connectivity index (χ0n) is 7.39. The molecule has 11 heavy (non-hydrogen) atoms. The molecule has 0 unspecified atom stereocenters. The van der Waals surface area contributed by atoms with Crippen LogP contribution in [-0.4, -0.2) is 11.9 Å². The molecule has 1 aliphatic heterocycles. The second kappa shape index (κ2) is 3.74. The van der Waals surface area contributed by atoms with Gasteiger partial charge in [0, 0.05) is 6.04 Å². The highest BCUT2D eigenvalue weighted by Gasteiger charge is 2.34. The Balaban J connectivity index is 2.11. The Hall–Kier alpha value is -0.530. The van der Waals surface area contributed by atoms with Gasteiger partial charge in [-0.15, -0.1) is 0 Å². The first-order valence-corrected chi connectivity index (χ1v) is 4.56. The molecule has 1 rings (SSSR count). The maximum atomic E-state index is 10.9. The van der Waals surface area contributed by atoms with E-state index in [4.69, 9.17) is 0 Å². The quantitative estimate of drug-likeness (QED) is 0.486. The SMILES string of the molecule is CCCCC[C@H]1C(=O)N[C@H]1C. The summed E-state index contributed by atoms with van der Waals surface area (Å²) in [6, 6.07) is 0.430. The third-order valence-electron chi connectivity index (χ3n) is 2.43. The Labute approximate surface area is 68.4 Å². The van der Waals surface area contributed by atoms with Crippen molar-refractivity contribution in [3.8, 4) is 0 Å². The lowest BCUT2D eigenvalue weighted by molar-refractivity contribution is -0.134. The summed E-state index contributed by atoms with van der Waals surface area (Å²) in [5.41, 5.74) is 0. The Morgan fingerprint density at radius 1 is 1.45 bits per heavy atom. The Bertz CT molecular complexity index is 144. The maximum absolute atomic E-state index is 10.9. The molecule has 1 saturated heterocycles. The van der Waals surface area contributed by atoms with Gasteiger partial charge in [0.05, 0.1) is 5.92 Å². The molecule has 2 heteroatoms. The van der Waals surface area contributed by atoms with Crippen LogP contribution in [0.5, 0.6) is 0 Å². The molecule has 0 spiro atoms. The van der Waals surface area contributed by atoms with Crippen molar-refractivity contribution < 1.29 is 4.79 Å². The topological polar surface area (TPSA) is 29.1 Å². The largest absolute Gasteiger partial charge is 0.353 e. The first kappa shape index (κ1) is 8.57. The highest BCUT2D eigenvalue weighted by Crippen LogP contribution is 2.21. The Morgan fingerprint density at radius 3 is 2.64 bits per heavy atom. The van der Waals surface area contributed by atoms with Gasteiger partial charge in [-0.1, -0.05) is 26.2 Å². The zero-order valence-corrected chi connectivity index (χ0v) is 7.39. The second-order valence-electron chi connectivity index (χ2n) is 3.40. The molecule has 0 aromatic carbocycles. The van der Waals surface area contributed by atoms with Crippen molar-refractivity contribution in [1.29, 1.82) is 0 Å². The number of nitrogens with one attached hydrogen (secondary N) is 1. The molecular weight excluding hydrogens is 138 g/mol. The van der Waals surface area contributed by atoms with Gasteiger partial charge in [-0.25, -0.2) is 0 Å². The molecule has 1 N–H and O–H groups in total. The van der Waals surface area contributed by atoms with Crippen LogP contribution in [0.4, 0.5) is 0 Å². The molecule has 0 saturated carbocycles. The van der Waals surface area contributed by atoms with Gasteiger partial charge in [0.1, 0.15) is 0 Å². The van der Waals surface area contributed by atoms with E-state index in [9.17, 15) is 4.79 Å². The van der Waals surface area contributed by atoms with Crippen LogP contribution in [0.15, 0.2) is 0 Å². The lowest BCUT2D eigenvalue weighted by Crippen LogP contribution is -2.56. The van der Waals surface area contributed by atoms with Crippen LogP contribution in [0.2, 0.25) is 0 Å². The molecule has 0 aliphatic carbocycles. The average Bonchev–Trinajstić information content (AvgIpc) is 1.98. The summed E-state index contributed by atoms with van der Waals surface area (Å²) in [6.07, 6.45) is 4.79. The lowest BCUT2D eigenvalue weighted by Gasteiger charge is -2.34. The number of β-lactam (4-membered cyclic amide) rings is 1. The molecule has 1 fully saturated rings. The molecule has 1 aliphatic rings. The van der Waals surface area contributed by atoms with Crippen LogP contribution in [-0.2, 0) is 4.79 Å². The number of carbonyl (C=O) groups excluding carboxylic acids is 1. The number of amides is 1. The van der Waals surface area contributed by atoms with Gasteiger partial charge < -0.3 is 5.32 Å². The summed E-state index contributed by atoms with van der Waals surface area (Å²) < 4.78 is 0. The summed E-state index contributed by atoms with van der Waals surface area (Å²) in [5, 5.41) is 2.84. The van der Waals surface area contributed by atoms with Crippen molar-refractivity contribution in [2.75, 3.05) is 0 Å². The van der Waals surface area contributed by atoms with Gasteiger partial charge in [0.15, 0.2) is 0 Å². The third kappa shape index (κ3) is 1.95. The van der Waals surface area contributed by atoms with Gasteiger partial charge in [-0.3, -0.25) is 4.79 Å². The molecule has 2 atom stereocenters. The highest BCUT2D eigenvalue weighted by atomic mass is 16.2. The van der Waals surface area contributed by atoms with Crippen LogP contribution in [0.25, 0.3) is 0 Å². The predicted octanol–water partition coefficient (Wildman–Crippen LogP) is 1.70. The molecule has 1 heterocycles. The van der Waals surface area contributed by atoms with E-state index in [-0.39, 0.29) is 5.91 Å². The van der Waals surface area contributed by atoms with Crippen LogP contribution in [0.3, 0.4) is 0 Å². The summed E-state index contributed by atoms with van der Waals surface area (Å²) in [6.45, 7) is 4.27. The van der Waals surface area contributed by atoms with Crippen molar-refractivity contribution >= 4 is 5.91 Å². The standard InChI is InChI=1S/C9H17NO/c1-3-4-5-6-8-7(2)10-9(8)11/h7-8H,3-6H2,1-2H3,(H,10,11)/t7-,8+/m0/s1. The fraction of sp³-hybridized carbons (Fsp3) is 0.889. The Morgan fingerprint density at radius 2 is 2.18 bits per heavy atom. The molecule has 1 amide bonds. The molecule has 64 valence electrons. The number of carbonyl (C=O) groups is 1. The van der Waals surface area contributed by atoms with E-state index >= 15 is 0 Å². The molecule has 0 bridgehead atoms. The van der Waals surface area contributed by atoms with Crippen LogP contribution < -0.4 is 5.32 Å². The van der Waals surface area contributed by atoms with Crippen molar-refractivity contribution in [1.82, 2.24) is 5.32 Å². The van der Waals surface area contributed by atoms with E-state index in [0.29, 0.717) is 12.0 Å². The van der Waals surface area contributed by atoms with E-state index in [1.807, 2.05) is 0 Å². The van der Waals surface area contributed by atoms with Crippen LogP contribution in [0.1, 0.15) is 39.5 Å². The van der Waals surface area contributed by atoms with Crippen LogP contribution >= 0.6 is 0 Å². The number of rotatable bonds is 4. The van der Waals surface area contributed by atoms with E-state index in [2.05, 4.69) is 19.2 Å². The molecular formula is C9H17NO.